The number of hydrogen-bond acceptors (Lipinski definition) is 13. The van der Waals surface area contributed by atoms with Crippen molar-refractivity contribution in [3.05, 3.63) is 0 Å². The molecule has 1 aliphatic heterocycles. The number of ether oxygens (including phenoxy) is 6. The Morgan fingerprint density at radius 2 is 1.56 bits per heavy atom. The van der Waals surface area contributed by atoms with Gasteiger partial charge in [-0.2, -0.15) is 0 Å². The third-order valence-electron chi connectivity index (χ3n) is 4.52. The highest BCUT2D eigenvalue weighted by atomic mass is 16.7. The molecule has 0 spiro atoms. The number of nitrogens with one attached hydrogen (secondary N) is 1. The van der Waals surface area contributed by atoms with Crippen molar-refractivity contribution in [1.29, 1.82) is 0 Å². The smallest absolute Gasteiger partial charge is 0.366 e. The molecule has 6 atom stereocenters. The summed E-state index contributed by atoms with van der Waals surface area (Å²) in [4.78, 5) is 70.9. The second kappa shape index (κ2) is 12.3. The van der Waals surface area contributed by atoms with E-state index in [1.54, 1.807) is 0 Å². The Kier molecular flexibility index (Phi) is 10.4. The van der Waals surface area contributed by atoms with Crippen LogP contribution in [0, 0.1) is 0 Å². The molecule has 0 aliphatic carbocycles. The van der Waals surface area contributed by atoms with Crippen LogP contribution in [0.4, 0.5) is 0 Å². The Morgan fingerprint density at radius 3 is 2.00 bits per heavy atom. The Balaban J connectivity index is 3.64. The van der Waals surface area contributed by atoms with E-state index in [0.717, 1.165) is 41.7 Å². The fourth-order valence-corrected chi connectivity index (χ4v) is 3.41. The standard InChI is InChI=1S/C20H29NO13/c1-9(22)21-16-14(31-11(3)24)7-20(28,19(27)29-6)34-18(16)17(33-13(5)26)15(32-12(4)25)8-30-10(2)23/h14-18,28H,7-8H2,1-6H3,(H,21,22)/t14-,15+,16+,17+,18-,20?/m0/s1. The first-order valence-corrected chi connectivity index (χ1v) is 10.1. The van der Waals surface area contributed by atoms with Gasteiger partial charge < -0.3 is 38.8 Å². The quantitative estimate of drug-likeness (QED) is 0.280. The summed E-state index contributed by atoms with van der Waals surface area (Å²) in [5.74, 6) is -7.98. The monoisotopic (exact) mass is 491 g/mol. The highest BCUT2D eigenvalue weighted by Gasteiger charge is 2.57. The zero-order valence-corrected chi connectivity index (χ0v) is 19.6. The second-order valence-electron chi connectivity index (χ2n) is 7.46. The van der Waals surface area contributed by atoms with E-state index in [9.17, 15) is 33.9 Å². The second-order valence-corrected chi connectivity index (χ2v) is 7.46. The number of aliphatic hydroxyl groups is 1. The van der Waals surface area contributed by atoms with Crippen molar-refractivity contribution in [2.24, 2.45) is 0 Å². The van der Waals surface area contributed by atoms with Gasteiger partial charge in [-0.3, -0.25) is 24.0 Å². The van der Waals surface area contributed by atoms with Crippen LogP contribution in [-0.4, -0.2) is 90.8 Å². The third kappa shape index (κ3) is 8.26. The van der Waals surface area contributed by atoms with Crippen molar-refractivity contribution < 1.29 is 62.3 Å². The lowest BCUT2D eigenvalue weighted by molar-refractivity contribution is -0.299. The van der Waals surface area contributed by atoms with Crippen molar-refractivity contribution in [3.8, 4) is 0 Å². The molecule has 1 aliphatic rings. The van der Waals surface area contributed by atoms with Gasteiger partial charge in [0.25, 0.3) is 5.79 Å². The molecule has 1 amide bonds. The van der Waals surface area contributed by atoms with E-state index in [1.807, 2.05) is 0 Å². The lowest BCUT2D eigenvalue weighted by atomic mass is 9.88. The van der Waals surface area contributed by atoms with Gasteiger partial charge in [0.1, 0.15) is 18.8 Å². The summed E-state index contributed by atoms with van der Waals surface area (Å²) in [6, 6.07) is -1.31. The summed E-state index contributed by atoms with van der Waals surface area (Å²) in [6.45, 7) is 4.69. The van der Waals surface area contributed by atoms with Crippen LogP contribution >= 0.6 is 0 Å². The Bertz CT molecular complexity index is 812. The minimum atomic E-state index is -2.71. The van der Waals surface area contributed by atoms with Gasteiger partial charge in [-0.05, 0) is 0 Å². The Morgan fingerprint density at radius 1 is 0.971 bits per heavy atom. The van der Waals surface area contributed by atoms with E-state index in [1.165, 1.54) is 0 Å². The number of carbonyl (C=O) groups excluding carboxylic acids is 6. The zero-order valence-electron chi connectivity index (χ0n) is 19.6. The molecule has 0 saturated carbocycles. The molecule has 14 heteroatoms. The first-order valence-electron chi connectivity index (χ1n) is 10.1. The lowest BCUT2D eigenvalue weighted by Gasteiger charge is -2.46. The van der Waals surface area contributed by atoms with E-state index in [-0.39, 0.29) is 0 Å². The SMILES string of the molecule is COC(=O)C1(O)C[C@H](OC(C)=O)[C@@H](NC(C)=O)[C@@H]([C@H](OC(C)=O)[C@@H](COC(C)=O)OC(C)=O)O1. The van der Waals surface area contributed by atoms with E-state index in [0.29, 0.717) is 0 Å². The van der Waals surface area contributed by atoms with E-state index in [2.05, 4.69) is 10.1 Å². The third-order valence-corrected chi connectivity index (χ3v) is 4.52. The van der Waals surface area contributed by atoms with Crippen LogP contribution < -0.4 is 5.32 Å². The fraction of sp³-hybridized carbons (Fsp3) is 0.700. The van der Waals surface area contributed by atoms with Crippen molar-refractivity contribution in [2.75, 3.05) is 13.7 Å². The lowest BCUT2D eigenvalue weighted by Crippen LogP contribution is -2.68. The molecule has 34 heavy (non-hydrogen) atoms. The van der Waals surface area contributed by atoms with Crippen LogP contribution in [0.5, 0.6) is 0 Å². The maximum Gasteiger partial charge on any atom is 0.366 e. The average Bonchev–Trinajstić information content (AvgIpc) is 2.69. The molecule has 1 fully saturated rings. The molecular weight excluding hydrogens is 462 g/mol. The largest absolute Gasteiger partial charge is 0.465 e. The fourth-order valence-electron chi connectivity index (χ4n) is 3.41. The van der Waals surface area contributed by atoms with Crippen molar-refractivity contribution in [2.45, 2.75) is 77.3 Å². The highest BCUT2D eigenvalue weighted by Crippen LogP contribution is 2.34. The average molecular weight is 491 g/mol. The predicted octanol–water partition coefficient (Wildman–Crippen LogP) is -1.50. The number of hydrogen-bond donors (Lipinski definition) is 2. The van der Waals surface area contributed by atoms with Crippen LogP contribution in [0.25, 0.3) is 0 Å². The summed E-state index contributed by atoms with van der Waals surface area (Å²) < 4.78 is 30.6. The molecule has 0 aromatic heterocycles. The van der Waals surface area contributed by atoms with Gasteiger partial charge in [-0.25, -0.2) is 4.79 Å². The summed E-state index contributed by atoms with van der Waals surface area (Å²) >= 11 is 0. The van der Waals surface area contributed by atoms with Gasteiger partial charge >= 0.3 is 29.8 Å². The normalized spacial score (nSPS) is 25.7. The molecule has 14 nitrogen and oxygen atoms in total. The summed E-state index contributed by atoms with van der Waals surface area (Å²) in [6.07, 6.45) is -6.86. The number of carbonyl (C=O) groups is 6. The van der Waals surface area contributed by atoms with Gasteiger partial charge in [0.15, 0.2) is 12.2 Å². The minimum absolute atomic E-state index is 0.617. The molecule has 2 N–H and O–H groups in total. The molecule has 0 radical (unpaired) electrons. The number of amides is 1. The molecule has 0 aromatic rings. The Labute approximate surface area is 195 Å². The van der Waals surface area contributed by atoms with Gasteiger partial charge in [0, 0.05) is 34.6 Å². The van der Waals surface area contributed by atoms with Crippen LogP contribution in [0.15, 0.2) is 0 Å². The van der Waals surface area contributed by atoms with Gasteiger partial charge in [-0.15, -0.1) is 0 Å². The molecule has 1 saturated heterocycles. The van der Waals surface area contributed by atoms with E-state index in [4.69, 9.17) is 23.7 Å². The Hall–Kier alpha value is -3.26. The first kappa shape index (κ1) is 28.8. The van der Waals surface area contributed by atoms with Crippen molar-refractivity contribution in [3.63, 3.8) is 0 Å². The van der Waals surface area contributed by atoms with Crippen molar-refractivity contribution >= 4 is 35.8 Å². The van der Waals surface area contributed by atoms with Gasteiger partial charge in [0.05, 0.1) is 19.6 Å². The summed E-state index contributed by atoms with van der Waals surface area (Å²) in [5, 5.41) is 13.3. The van der Waals surface area contributed by atoms with Crippen molar-refractivity contribution in [1.82, 2.24) is 5.32 Å². The minimum Gasteiger partial charge on any atom is -0.465 e. The predicted molar refractivity (Wildman–Crippen MR) is 107 cm³/mol. The maximum absolute atomic E-state index is 12.3. The van der Waals surface area contributed by atoms with Crippen LogP contribution in [0.3, 0.4) is 0 Å². The molecule has 1 rings (SSSR count). The first-order chi connectivity index (χ1) is 15.7. The zero-order chi connectivity index (χ0) is 26.2. The molecule has 0 bridgehead atoms. The van der Waals surface area contributed by atoms with Crippen LogP contribution in [0.2, 0.25) is 0 Å². The molecule has 192 valence electrons. The van der Waals surface area contributed by atoms with E-state index < -0.39 is 85.0 Å². The maximum atomic E-state index is 12.3. The molecular formula is C20H29NO13. The molecule has 1 heterocycles. The molecule has 1 unspecified atom stereocenters. The molecule has 0 aromatic carbocycles. The van der Waals surface area contributed by atoms with Crippen LogP contribution in [-0.2, 0) is 57.2 Å². The number of rotatable bonds is 9. The summed E-state index contributed by atoms with van der Waals surface area (Å²) in [5.41, 5.74) is 0. The topological polar surface area (TPSA) is 190 Å². The number of esters is 5. The van der Waals surface area contributed by atoms with Gasteiger partial charge in [0.2, 0.25) is 5.91 Å². The summed E-state index contributed by atoms with van der Waals surface area (Å²) in [7, 11) is 0.964. The number of methoxy groups -OCH3 is 1. The van der Waals surface area contributed by atoms with E-state index >= 15 is 0 Å². The highest BCUT2D eigenvalue weighted by molar-refractivity contribution is 5.78. The van der Waals surface area contributed by atoms with Gasteiger partial charge in [-0.1, -0.05) is 0 Å². The van der Waals surface area contributed by atoms with Crippen LogP contribution in [0.1, 0.15) is 41.0 Å².